The Bertz CT molecular complexity index is 440. The van der Waals surface area contributed by atoms with Crippen LogP contribution < -0.4 is 5.32 Å². The number of hydrogen-bond donors (Lipinski definition) is 2. The molecule has 1 aliphatic carbocycles. The van der Waals surface area contributed by atoms with Gasteiger partial charge >= 0.3 is 5.97 Å². The molecule has 2 N–H and O–H groups in total. The van der Waals surface area contributed by atoms with Crippen molar-refractivity contribution < 1.29 is 9.90 Å². The summed E-state index contributed by atoms with van der Waals surface area (Å²) >= 11 is 0. The van der Waals surface area contributed by atoms with Crippen LogP contribution in [0.15, 0.2) is 36.4 Å². The lowest BCUT2D eigenvalue weighted by Crippen LogP contribution is -2.29. The molecule has 1 unspecified atom stereocenters. The van der Waals surface area contributed by atoms with E-state index in [1.54, 1.807) is 0 Å². The molecule has 0 amide bonds. The van der Waals surface area contributed by atoms with Crippen molar-refractivity contribution in [3.8, 4) is 0 Å². The number of nitrogens with one attached hydrogen (secondary N) is 1. The van der Waals surface area contributed by atoms with Gasteiger partial charge in [-0.25, -0.2) is 0 Å². The number of carbonyl (C=O) groups is 1. The first-order chi connectivity index (χ1) is 8.75. The Labute approximate surface area is 108 Å². The Kier molecular flexibility index (Phi) is 4.53. The zero-order chi connectivity index (χ0) is 12.8. The molecule has 0 radical (unpaired) electrons. The number of carboxylic acid groups (broad SMARTS) is 1. The van der Waals surface area contributed by atoms with Gasteiger partial charge in [-0.05, 0) is 30.4 Å². The second-order valence-corrected chi connectivity index (χ2v) is 4.70. The van der Waals surface area contributed by atoms with E-state index in [0.29, 0.717) is 6.04 Å². The zero-order valence-corrected chi connectivity index (χ0v) is 10.4. The molecule has 0 saturated carbocycles. The van der Waals surface area contributed by atoms with Gasteiger partial charge in [-0.3, -0.25) is 4.79 Å². The molecule has 96 valence electrons. The number of allylic oxidation sites excluding steroid dienone is 1. The van der Waals surface area contributed by atoms with Gasteiger partial charge in [-0.1, -0.05) is 36.4 Å². The maximum absolute atomic E-state index is 10.8. The molecule has 0 bridgehead atoms. The van der Waals surface area contributed by atoms with Gasteiger partial charge in [0, 0.05) is 12.6 Å². The molecule has 0 heterocycles. The van der Waals surface area contributed by atoms with Crippen molar-refractivity contribution >= 4 is 5.97 Å². The van der Waals surface area contributed by atoms with E-state index in [2.05, 4.69) is 17.5 Å². The third-order valence-corrected chi connectivity index (χ3v) is 3.31. The van der Waals surface area contributed by atoms with Crippen LogP contribution in [0.25, 0.3) is 0 Å². The fourth-order valence-corrected chi connectivity index (χ4v) is 2.30. The highest BCUT2D eigenvalue weighted by Crippen LogP contribution is 2.14. The van der Waals surface area contributed by atoms with E-state index in [1.165, 1.54) is 0 Å². The molecule has 1 aromatic rings. The number of benzene rings is 1. The minimum Gasteiger partial charge on any atom is -0.481 e. The van der Waals surface area contributed by atoms with E-state index in [-0.39, 0.29) is 6.42 Å². The van der Waals surface area contributed by atoms with Gasteiger partial charge in [0.1, 0.15) is 0 Å². The van der Waals surface area contributed by atoms with Crippen LogP contribution >= 0.6 is 0 Å². The molecule has 0 spiro atoms. The van der Waals surface area contributed by atoms with Crippen molar-refractivity contribution in [2.75, 3.05) is 0 Å². The molecule has 3 nitrogen and oxygen atoms in total. The number of carboxylic acids is 1. The Balaban J connectivity index is 1.95. The molecule has 3 heteroatoms. The highest BCUT2D eigenvalue weighted by Gasteiger charge is 2.11. The Morgan fingerprint density at radius 1 is 1.28 bits per heavy atom. The Morgan fingerprint density at radius 2 is 2.06 bits per heavy atom. The molecule has 0 aromatic heterocycles. The first kappa shape index (κ1) is 12.8. The topological polar surface area (TPSA) is 49.3 Å². The van der Waals surface area contributed by atoms with Crippen molar-refractivity contribution in [2.24, 2.45) is 0 Å². The van der Waals surface area contributed by atoms with Crippen LogP contribution in [0, 0.1) is 0 Å². The van der Waals surface area contributed by atoms with Crippen molar-refractivity contribution in [1.29, 1.82) is 0 Å². The predicted octanol–water partition coefficient (Wildman–Crippen LogP) is 2.51. The van der Waals surface area contributed by atoms with Crippen LogP contribution in [0.2, 0.25) is 0 Å². The molecule has 1 atom stereocenters. The first-order valence-electron chi connectivity index (χ1n) is 6.42. The number of rotatable bonds is 5. The largest absolute Gasteiger partial charge is 0.481 e. The maximum atomic E-state index is 10.8. The lowest BCUT2D eigenvalue weighted by Gasteiger charge is -2.20. The normalized spacial score (nSPS) is 18.8. The third kappa shape index (κ3) is 3.70. The van der Waals surface area contributed by atoms with Gasteiger partial charge < -0.3 is 10.4 Å². The standard InChI is InChI=1S/C15H19NO2/c17-15(18)10-12-6-4-5-7-13(12)11-16-14-8-2-1-3-9-14/h1-2,4-7,14,16H,3,8-11H2,(H,17,18). The molecular weight excluding hydrogens is 226 g/mol. The molecule has 1 aromatic carbocycles. The van der Waals surface area contributed by atoms with Crippen LogP contribution in [0.5, 0.6) is 0 Å². The van der Waals surface area contributed by atoms with Crippen molar-refractivity contribution in [2.45, 2.75) is 38.3 Å². The summed E-state index contributed by atoms with van der Waals surface area (Å²) in [5.41, 5.74) is 2.00. The van der Waals surface area contributed by atoms with Crippen molar-refractivity contribution in [1.82, 2.24) is 5.32 Å². The molecular formula is C15H19NO2. The lowest BCUT2D eigenvalue weighted by atomic mass is 10.0. The predicted molar refractivity (Wildman–Crippen MR) is 71.4 cm³/mol. The van der Waals surface area contributed by atoms with E-state index in [1.807, 2.05) is 24.3 Å². The molecule has 2 rings (SSSR count). The van der Waals surface area contributed by atoms with E-state index >= 15 is 0 Å². The Morgan fingerprint density at radius 3 is 2.72 bits per heavy atom. The zero-order valence-electron chi connectivity index (χ0n) is 10.4. The summed E-state index contributed by atoms with van der Waals surface area (Å²) in [4.78, 5) is 10.8. The van der Waals surface area contributed by atoms with Gasteiger partial charge in [0.15, 0.2) is 0 Å². The second-order valence-electron chi connectivity index (χ2n) is 4.70. The minimum absolute atomic E-state index is 0.0996. The van der Waals surface area contributed by atoms with Crippen LogP contribution in [0.1, 0.15) is 30.4 Å². The van der Waals surface area contributed by atoms with E-state index in [4.69, 9.17) is 5.11 Å². The summed E-state index contributed by atoms with van der Waals surface area (Å²) < 4.78 is 0. The van der Waals surface area contributed by atoms with Gasteiger partial charge in [-0.2, -0.15) is 0 Å². The SMILES string of the molecule is O=C(O)Cc1ccccc1CNC1CC=CCC1. The monoisotopic (exact) mass is 245 g/mol. The van der Waals surface area contributed by atoms with Gasteiger partial charge in [0.25, 0.3) is 0 Å². The summed E-state index contributed by atoms with van der Waals surface area (Å²) in [6.07, 6.45) is 7.90. The molecule has 0 aliphatic heterocycles. The van der Waals surface area contributed by atoms with Gasteiger partial charge in [0.05, 0.1) is 6.42 Å². The van der Waals surface area contributed by atoms with E-state index < -0.39 is 5.97 Å². The third-order valence-electron chi connectivity index (χ3n) is 3.31. The number of hydrogen-bond acceptors (Lipinski definition) is 2. The average Bonchev–Trinajstić information content (AvgIpc) is 2.38. The molecule has 0 fully saturated rings. The van der Waals surface area contributed by atoms with E-state index in [0.717, 1.165) is 36.9 Å². The summed E-state index contributed by atoms with van der Waals surface area (Å²) in [6, 6.07) is 8.28. The first-order valence-corrected chi connectivity index (χ1v) is 6.42. The van der Waals surface area contributed by atoms with Gasteiger partial charge in [0.2, 0.25) is 0 Å². The summed E-state index contributed by atoms with van der Waals surface area (Å²) in [5.74, 6) is -0.775. The fourth-order valence-electron chi connectivity index (χ4n) is 2.30. The molecule has 18 heavy (non-hydrogen) atoms. The highest BCUT2D eigenvalue weighted by molar-refractivity contribution is 5.70. The smallest absolute Gasteiger partial charge is 0.307 e. The second kappa shape index (κ2) is 6.36. The van der Waals surface area contributed by atoms with Crippen LogP contribution in [-0.4, -0.2) is 17.1 Å². The lowest BCUT2D eigenvalue weighted by molar-refractivity contribution is -0.136. The van der Waals surface area contributed by atoms with Gasteiger partial charge in [-0.15, -0.1) is 0 Å². The van der Waals surface area contributed by atoms with Crippen LogP contribution in [-0.2, 0) is 17.8 Å². The van der Waals surface area contributed by atoms with Crippen molar-refractivity contribution in [3.05, 3.63) is 47.5 Å². The van der Waals surface area contributed by atoms with Crippen molar-refractivity contribution in [3.63, 3.8) is 0 Å². The van der Waals surface area contributed by atoms with E-state index in [9.17, 15) is 4.79 Å². The summed E-state index contributed by atoms with van der Waals surface area (Å²) in [7, 11) is 0. The highest BCUT2D eigenvalue weighted by atomic mass is 16.4. The summed E-state index contributed by atoms with van der Waals surface area (Å²) in [5, 5.41) is 12.4. The minimum atomic E-state index is -0.775. The average molecular weight is 245 g/mol. The molecule has 1 aliphatic rings. The summed E-state index contributed by atoms with van der Waals surface area (Å²) in [6.45, 7) is 0.752. The van der Waals surface area contributed by atoms with Crippen LogP contribution in [0.4, 0.5) is 0 Å². The number of aliphatic carboxylic acids is 1. The van der Waals surface area contributed by atoms with Crippen LogP contribution in [0.3, 0.4) is 0 Å². The Hall–Kier alpha value is -1.61. The maximum Gasteiger partial charge on any atom is 0.307 e. The molecule has 0 saturated heterocycles. The quantitative estimate of drug-likeness (QED) is 0.784. The fraction of sp³-hybridized carbons (Fsp3) is 0.400.